The zero-order valence-corrected chi connectivity index (χ0v) is 12.3. The van der Waals surface area contributed by atoms with Gasteiger partial charge in [0.15, 0.2) is 0 Å². The molecule has 0 bridgehead atoms. The standard InChI is InChI=1S/C14H17FN2O3S/c15-13-6-3-7-14(12(13)10-16)21(19,20)17(8-9-18)11-4-1-2-5-11/h3,6-7,11,18H,1-2,4-5,8-9H2. The Balaban J connectivity index is 2.48. The fourth-order valence-corrected chi connectivity index (χ4v) is 4.57. The van der Waals surface area contributed by atoms with Gasteiger partial charge in [0.05, 0.1) is 6.61 Å². The lowest BCUT2D eigenvalue weighted by atomic mass is 10.2. The van der Waals surface area contributed by atoms with Crippen LogP contribution in [0, 0.1) is 17.1 Å². The van der Waals surface area contributed by atoms with E-state index in [4.69, 9.17) is 10.4 Å². The molecule has 0 atom stereocenters. The van der Waals surface area contributed by atoms with Crippen molar-refractivity contribution in [2.45, 2.75) is 36.6 Å². The molecule has 0 heterocycles. The lowest BCUT2D eigenvalue weighted by Gasteiger charge is -2.27. The Morgan fingerprint density at radius 1 is 1.38 bits per heavy atom. The Kier molecular flexibility index (Phi) is 4.93. The molecule has 0 aromatic heterocycles. The van der Waals surface area contributed by atoms with Crippen molar-refractivity contribution in [2.75, 3.05) is 13.2 Å². The van der Waals surface area contributed by atoms with E-state index in [9.17, 15) is 12.8 Å². The van der Waals surface area contributed by atoms with Crippen molar-refractivity contribution in [3.05, 3.63) is 29.6 Å². The molecule has 0 aliphatic heterocycles. The fourth-order valence-electron chi connectivity index (χ4n) is 2.74. The van der Waals surface area contributed by atoms with E-state index in [0.717, 1.165) is 31.7 Å². The summed E-state index contributed by atoms with van der Waals surface area (Å²) in [4.78, 5) is -0.328. The van der Waals surface area contributed by atoms with Gasteiger partial charge in [0.2, 0.25) is 10.0 Å². The van der Waals surface area contributed by atoms with Crippen molar-refractivity contribution in [2.24, 2.45) is 0 Å². The molecule has 0 unspecified atom stereocenters. The smallest absolute Gasteiger partial charge is 0.244 e. The number of hydrogen-bond acceptors (Lipinski definition) is 4. The molecular formula is C14H17FN2O3S. The lowest BCUT2D eigenvalue weighted by Crippen LogP contribution is -2.41. The molecule has 0 amide bonds. The molecule has 5 nitrogen and oxygen atoms in total. The predicted molar refractivity (Wildman–Crippen MR) is 74.3 cm³/mol. The highest BCUT2D eigenvalue weighted by molar-refractivity contribution is 7.89. The molecule has 1 aliphatic carbocycles. The summed E-state index contributed by atoms with van der Waals surface area (Å²) in [6, 6.07) is 4.98. The molecule has 1 aromatic rings. The van der Waals surface area contributed by atoms with Gasteiger partial charge in [-0.1, -0.05) is 18.9 Å². The molecule has 0 saturated heterocycles. The summed E-state index contributed by atoms with van der Waals surface area (Å²) >= 11 is 0. The Labute approximate surface area is 123 Å². The summed E-state index contributed by atoms with van der Waals surface area (Å²) in [5.74, 6) is -0.853. The van der Waals surface area contributed by atoms with Crippen LogP contribution in [0.5, 0.6) is 0 Å². The summed E-state index contributed by atoms with van der Waals surface area (Å²) in [7, 11) is -4.00. The first-order valence-electron chi connectivity index (χ1n) is 6.83. The second-order valence-electron chi connectivity index (χ2n) is 5.00. The quantitative estimate of drug-likeness (QED) is 0.896. The molecule has 2 rings (SSSR count). The topological polar surface area (TPSA) is 81.4 Å². The van der Waals surface area contributed by atoms with Gasteiger partial charge in [-0.2, -0.15) is 9.57 Å². The van der Waals surface area contributed by atoms with Crippen LogP contribution in [0.15, 0.2) is 23.1 Å². The summed E-state index contributed by atoms with van der Waals surface area (Å²) < 4.78 is 40.3. The lowest BCUT2D eigenvalue weighted by molar-refractivity contribution is 0.226. The van der Waals surface area contributed by atoms with Crippen molar-refractivity contribution >= 4 is 10.0 Å². The minimum Gasteiger partial charge on any atom is -0.395 e. The van der Waals surface area contributed by atoms with Crippen LogP contribution < -0.4 is 0 Å². The number of rotatable bonds is 5. The number of aliphatic hydroxyl groups is 1. The van der Waals surface area contributed by atoms with Crippen LogP contribution in [0.2, 0.25) is 0 Å². The maximum Gasteiger partial charge on any atom is 0.244 e. The van der Waals surface area contributed by atoms with Crippen LogP contribution in [0.4, 0.5) is 4.39 Å². The number of benzene rings is 1. The molecule has 1 fully saturated rings. The van der Waals surface area contributed by atoms with Crippen LogP contribution in [0.3, 0.4) is 0 Å². The van der Waals surface area contributed by atoms with Gasteiger partial charge in [0.25, 0.3) is 0 Å². The second-order valence-corrected chi connectivity index (χ2v) is 6.86. The van der Waals surface area contributed by atoms with E-state index >= 15 is 0 Å². The number of hydrogen-bond donors (Lipinski definition) is 1. The molecule has 1 aliphatic rings. The Bertz CT molecular complexity index is 649. The average molecular weight is 312 g/mol. The van der Waals surface area contributed by atoms with E-state index < -0.39 is 21.4 Å². The first-order valence-corrected chi connectivity index (χ1v) is 8.27. The van der Waals surface area contributed by atoms with E-state index in [1.54, 1.807) is 6.07 Å². The number of sulfonamides is 1. The van der Waals surface area contributed by atoms with E-state index in [-0.39, 0.29) is 24.1 Å². The molecule has 114 valence electrons. The first kappa shape index (κ1) is 15.9. The van der Waals surface area contributed by atoms with Crippen LogP contribution in [-0.4, -0.2) is 37.0 Å². The van der Waals surface area contributed by atoms with E-state index in [0.29, 0.717) is 0 Å². The minimum absolute atomic E-state index is 0.0472. The first-order chi connectivity index (χ1) is 10.0. The predicted octanol–water partition coefficient (Wildman–Crippen LogP) is 1.62. The van der Waals surface area contributed by atoms with Crippen molar-refractivity contribution < 1.29 is 17.9 Å². The highest BCUT2D eigenvalue weighted by atomic mass is 32.2. The van der Waals surface area contributed by atoms with E-state index in [1.165, 1.54) is 16.4 Å². The van der Waals surface area contributed by atoms with E-state index in [1.807, 2.05) is 0 Å². The molecule has 1 saturated carbocycles. The van der Waals surface area contributed by atoms with Gasteiger partial charge in [-0.15, -0.1) is 0 Å². The number of aliphatic hydroxyl groups excluding tert-OH is 1. The molecule has 7 heteroatoms. The van der Waals surface area contributed by atoms with Crippen LogP contribution in [0.25, 0.3) is 0 Å². The summed E-state index contributed by atoms with van der Waals surface area (Å²) in [6.45, 7) is -0.360. The Morgan fingerprint density at radius 2 is 2.05 bits per heavy atom. The van der Waals surface area contributed by atoms with Crippen molar-refractivity contribution in [1.82, 2.24) is 4.31 Å². The summed E-state index contributed by atoms with van der Waals surface area (Å²) in [5.41, 5.74) is -0.474. The zero-order chi connectivity index (χ0) is 15.5. The Hall–Kier alpha value is -1.49. The largest absolute Gasteiger partial charge is 0.395 e. The molecule has 21 heavy (non-hydrogen) atoms. The SMILES string of the molecule is N#Cc1c(F)cccc1S(=O)(=O)N(CCO)C1CCCC1. The van der Waals surface area contributed by atoms with Crippen molar-refractivity contribution in [1.29, 1.82) is 5.26 Å². The third kappa shape index (κ3) is 3.07. The molecule has 1 N–H and O–H groups in total. The highest BCUT2D eigenvalue weighted by Gasteiger charge is 2.34. The monoisotopic (exact) mass is 312 g/mol. The summed E-state index contributed by atoms with van der Waals surface area (Å²) in [5, 5.41) is 18.2. The van der Waals surface area contributed by atoms with Crippen LogP contribution >= 0.6 is 0 Å². The molecule has 0 spiro atoms. The fraction of sp³-hybridized carbons (Fsp3) is 0.500. The van der Waals surface area contributed by atoms with Gasteiger partial charge < -0.3 is 5.11 Å². The third-order valence-electron chi connectivity index (χ3n) is 3.73. The minimum atomic E-state index is -4.00. The van der Waals surface area contributed by atoms with E-state index in [2.05, 4.69) is 0 Å². The molecule has 1 aromatic carbocycles. The zero-order valence-electron chi connectivity index (χ0n) is 11.5. The molecular weight excluding hydrogens is 295 g/mol. The maximum absolute atomic E-state index is 13.7. The number of halogens is 1. The van der Waals surface area contributed by atoms with Crippen molar-refractivity contribution in [3.8, 4) is 6.07 Å². The molecule has 0 radical (unpaired) electrons. The highest BCUT2D eigenvalue weighted by Crippen LogP contribution is 2.30. The third-order valence-corrected chi connectivity index (χ3v) is 5.72. The van der Waals surface area contributed by atoms with Gasteiger partial charge in [-0.05, 0) is 25.0 Å². The van der Waals surface area contributed by atoms with Crippen LogP contribution in [-0.2, 0) is 10.0 Å². The number of nitriles is 1. The van der Waals surface area contributed by atoms with Gasteiger partial charge in [0, 0.05) is 12.6 Å². The Morgan fingerprint density at radius 3 is 2.62 bits per heavy atom. The van der Waals surface area contributed by atoms with Gasteiger partial charge >= 0.3 is 0 Å². The second kappa shape index (κ2) is 6.52. The van der Waals surface area contributed by atoms with Gasteiger partial charge in [0.1, 0.15) is 22.3 Å². The average Bonchev–Trinajstić information content (AvgIpc) is 2.98. The normalized spacial score (nSPS) is 16.3. The van der Waals surface area contributed by atoms with Crippen molar-refractivity contribution in [3.63, 3.8) is 0 Å². The van der Waals surface area contributed by atoms with Crippen LogP contribution in [0.1, 0.15) is 31.2 Å². The number of nitrogens with zero attached hydrogens (tertiary/aromatic N) is 2. The van der Waals surface area contributed by atoms with Gasteiger partial charge in [-0.3, -0.25) is 0 Å². The maximum atomic E-state index is 13.7. The summed E-state index contributed by atoms with van der Waals surface area (Å²) in [6.07, 6.45) is 3.29. The van der Waals surface area contributed by atoms with Gasteiger partial charge in [-0.25, -0.2) is 12.8 Å².